The van der Waals surface area contributed by atoms with Crippen molar-refractivity contribution in [1.29, 1.82) is 0 Å². The Bertz CT molecular complexity index is 1010. The molecule has 1 aliphatic rings. The fraction of sp³-hybridized carbons (Fsp3) is 0. The van der Waals surface area contributed by atoms with Crippen molar-refractivity contribution >= 4 is 68.1 Å². The number of aromatic carboxylic acids is 1. The maximum absolute atomic E-state index is 12.6. The molecule has 0 bridgehead atoms. The monoisotopic (exact) mass is 462 g/mol. The molecule has 1 aliphatic heterocycles. The Morgan fingerprint density at radius 2 is 1.74 bits per heavy atom. The number of rotatable bonds is 4. The van der Waals surface area contributed by atoms with Gasteiger partial charge in [-0.05, 0) is 58.0 Å². The number of carbonyl (C=O) groups is 3. The predicted molar refractivity (Wildman–Crippen MR) is 110 cm³/mol. The van der Waals surface area contributed by atoms with Crippen LogP contribution in [0.5, 0.6) is 0 Å². The zero-order valence-corrected chi connectivity index (χ0v) is 16.7. The summed E-state index contributed by atoms with van der Waals surface area (Å²) in [7, 11) is 0. The molecule has 0 atom stereocenters. The first-order chi connectivity index (χ1) is 12.9. The number of carboxylic acid groups (broad SMARTS) is 1. The summed E-state index contributed by atoms with van der Waals surface area (Å²) >= 11 is 9.45. The Hall–Kier alpha value is -2.49. The molecule has 0 aliphatic carbocycles. The van der Waals surface area contributed by atoms with Gasteiger partial charge in [-0.2, -0.15) is 5.01 Å². The summed E-state index contributed by atoms with van der Waals surface area (Å²) in [6.07, 6.45) is 1.45. The molecule has 27 heavy (non-hydrogen) atoms. The average molecular weight is 463 g/mol. The van der Waals surface area contributed by atoms with Crippen LogP contribution in [0.2, 0.25) is 0 Å². The van der Waals surface area contributed by atoms with E-state index in [0.29, 0.717) is 15.6 Å². The van der Waals surface area contributed by atoms with Gasteiger partial charge >= 0.3 is 5.97 Å². The van der Waals surface area contributed by atoms with E-state index < -0.39 is 17.8 Å². The van der Waals surface area contributed by atoms with Crippen molar-refractivity contribution in [1.82, 2.24) is 10.4 Å². The van der Waals surface area contributed by atoms with E-state index >= 15 is 0 Å². The molecule has 2 aromatic carbocycles. The molecule has 136 valence electrons. The molecule has 2 aromatic rings. The lowest BCUT2D eigenvalue weighted by Crippen LogP contribution is -2.44. The molecule has 0 spiro atoms. The van der Waals surface area contributed by atoms with Gasteiger partial charge in [0.15, 0.2) is 4.32 Å². The fourth-order valence-corrected chi connectivity index (χ4v) is 3.97. The predicted octanol–water partition coefficient (Wildman–Crippen LogP) is 3.69. The largest absolute Gasteiger partial charge is 0.478 e. The van der Waals surface area contributed by atoms with Gasteiger partial charge in [-0.15, -0.1) is 0 Å². The number of hydrogen-bond acceptors (Lipinski definition) is 5. The number of hydrazine groups is 1. The lowest BCUT2D eigenvalue weighted by Gasteiger charge is -2.16. The Morgan fingerprint density at radius 3 is 2.41 bits per heavy atom. The number of carboxylic acids is 1. The van der Waals surface area contributed by atoms with Gasteiger partial charge < -0.3 is 5.11 Å². The first-order valence-electron chi connectivity index (χ1n) is 7.54. The molecule has 0 radical (unpaired) electrons. The van der Waals surface area contributed by atoms with Crippen molar-refractivity contribution in [2.45, 2.75) is 0 Å². The SMILES string of the molecule is O=C(NN1C(=O)/C(=C/c2ccccc2C(=O)O)SC1=S)c1ccccc1Br. The summed E-state index contributed by atoms with van der Waals surface area (Å²) < 4.78 is 0.735. The highest BCUT2D eigenvalue weighted by atomic mass is 79.9. The standard InChI is InChI=1S/C18H11BrN2O4S2/c19-13-8-4-3-7-12(13)15(22)20-21-16(23)14(27-18(21)26)9-10-5-1-2-6-11(10)17(24)25/h1-9H,(H,20,22)(H,24,25)/b14-9-. The summed E-state index contributed by atoms with van der Waals surface area (Å²) in [6, 6.07) is 13.1. The number of nitrogens with zero attached hydrogens (tertiary/aromatic N) is 1. The maximum Gasteiger partial charge on any atom is 0.336 e. The first-order valence-corrected chi connectivity index (χ1v) is 9.56. The third-order valence-electron chi connectivity index (χ3n) is 3.60. The number of halogens is 1. The van der Waals surface area contributed by atoms with E-state index in [1.807, 2.05) is 0 Å². The molecular weight excluding hydrogens is 452 g/mol. The van der Waals surface area contributed by atoms with Gasteiger partial charge in [-0.3, -0.25) is 15.0 Å². The minimum Gasteiger partial charge on any atom is -0.478 e. The molecule has 3 rings (SSSR count). The minimum absolute atomic E-state index is 0.0695. The van der Waals surface area contributed by atoms with Crippen molar-refractivity contribution in [2.24, 2.45) is 0 Å². The second-order valence-electron chi connectivity index (χ2n) is 5.33. The normalized spacial score (nSPS) is 15.3. The highest BCUT2D eigenvalue weighted by molar-refractivity contribution is 9.10. The van der Waals surface area contributed by atoms with E-state index in [0.717, 1.165) is 16.8 Å². The number of benzene rings is 2. The van der Waals surface area contributed by atoms with Crippen LogP contribution in [0.4, 0.5) is 0 Å². The highest BCUT2D eigenvalue weighted by Gasteiger charge is 2.34. The van der Waals surface area contributed by atoms with Gasteiger partial charge in [0, 0.05) is 4.47 Å². The molecule has 2 N–H and O–H groups in total. The molecule has 2 amide bonds. The lowest BCUT2D eigenvalue weighted by atomic mass is 10.1. The van der Waals surface area contributed by atoms with Gasteiger partial charge in [-0.1, -0.05) is 42.1 Å². The molecule has 9 heteroatoms. The zero-order valence-electron chi connectivity index (χ0n) is 13.5. The third-order valence-corrected chi connectivity index (χ3v) is 5.60. The Morgan fingerprint density at radius 1 is 1.11 bits per heavy atom. The van der Waals surface area contributed by atoms with Crippen LogP contribution in [0.25, 0.3) is 6.08 Å². The van der Waals surface area contributed by atoms with Crippen LogP contribution in [0, 0.1) is 0 Å². The minimum atomic E-state index is -1.10. The zero-order chi connectivity index (χ0) is 19.6. The summed E-state index contributed by atoms with van der Waals surface area (Å²) in [6.45, 7) is 0. The van der Waals surface area contributed by atoms with Crippen LogP contribution in [0.15, 0.2) is 57.9 Å². The second kappa shape index (κ2) is 8.03. The topological polar surface area (TPSA) is 86.7 Å². The van der Waals surface area contributed by atoms with Crippen molar-refractivity contribution in [3.05, 3.63) is 74.6 Å². The number of nitrogens with one attached hydrogen (secondary N) is 1. The van der Waals surface area contributed by atoms with Crippen LogP contribution in [-0.2, 0) is 4.79 Å². The van der Waals surface area contributed by atoms with Crippen molar-refractivity contribution in [3.8, 4) is 0 Å². The van der Waals surface area contributed by atoms with E-state index in [-0.39, 0.29) is 14.8 Å². The van der Waals surface area contributed by atoms with Gasteiger partial charge in [0.1, 0.15) is 0 Å². The third kappa shape index (κ3) is 4.10. The fourth-order valence-electron chi connectivity index (χ4n) is 2.33. The van der Waals surface area contributed by atoms with Gasteiger partial charge in [-0.25, -0.2) is 4.79 Å². The van der Waals surface area contributed by atoms with E-state index in [9.17, 15) is 19.5 Å². The molecule has 0 unspecified atom stereocenters. The van der Waals surface area contributed by atoms with Crippen molar-refractivity contribution in [2.75, 3.05) is 0 Å². The van der Waals surface area contributed by atoms with Crippen LogP contribution >= 0.6 is 39.9 Å². The molecule has 6 nitrogen and oxygen atoms in total. The number of hydrogen-bond donors (Lipinski definition) is 2. The van der Waals surface area contributed by atoms with Crippen LogP contribution in [-0.4, -0.2) is 32.2 Å². The number of amides is 2. The summed E-state index contributed by atoms with van der Waals surface area (Å²) in [5, 5.41) is 10.2. The maximum atomic E-state index is 12.6. The highest BCUT2D eigenvalue weighted by Crippen LogP contribution is 2.32. The van der Waals surface area contributed by atoms with E-state index in [1.165, 1.54) is 12.1 Å². The van der Waals surface area contributed by atoms with Crippen molar-refractivity contribution < 1.29 is 19.5 Å². The number of thioether (sulfide) groups is 1. The number of thiocarbonyl (C=S) groups is 1. The number of carbonyl (C=O) groups excluding carboxylic acids is 2. The molecule has 1 saturated heterocycles. The Balaban J connectivity index is 1.85. The average Bonchev–Trinajstić information content (AvgIpc) is 2.89. The quantitative estimate of drug-likeness (QED) is 0.532. The van der Waals surface area contributed by atoms with Crippen LogP contribution in [0.3, 0.4) is 0 Å². The Kier molecular flexibility index (Phi) is 5.73. The first kappa shape index (κ1) is 19.3. The van der Waals surface area contributed by atoms with Crippen molar-refractivity contribution in [3.63, 3.8) is 0 Å². The molecular formula is C18H11BrN2O4S2. The second-order valence-corrected chi connectivity index (χ2v) is 7.86. The van der Waals surface area contributed by atoms with Gasteiger partial charge in [0.2, 0.25) is 0 Å². The molecule has 0 aromatic heterocycles. The summed E-state index contributed by atoms with van der Waals surface area (Å²) in [5.41, 5.74) is 3.28. The molecule has 0 saturated carbocycles. The van der Waals surface area contributed by atoms with E-state index in [2.05, 4.69) is 21.4 Å². The summed E-state index contributed by atoms with van der Waals surface area (Å²) in [4.78, 5) is 36.6. The van der Waals surface area contributed by atoms with Crippen LogP contribution in [0.1, 0.15) is 26.3 Å². The smallest absolute Gasteiger partial charge is 0.336 e. The molecule has 1 fully saturated rings. The van der Waals surface area contributed by atoms with Crippen LogP contribution < -0.4 is 5.43 Å². The summed E-state index contributed by atoms with van der Waals surface area (Å²) in [5.74, 6) is -2.11. The van der Waals surface area contributed by atoms with Gasteiger partial charge in [0.05, 0.1) is 16.0 Å². The lowest BCUT2D eigenvalue weighted by molar-refractivity contribution is -0.123. The van der Waals surface area contributed by atoms with E-state index in [4.69, 9.17) is 12.2 Å². The Labute approximate surface area is 172 Å². The van der Waals surface area contributed by atoms with E-state index in [1.54, 1.807) is 42.5 Å². The molecule has 1 heterocycles. The van der Waals surface area contributed by atoms with Gasteiger partial charge in [0.25, 0.3) is 11.8 Å².